The van der Waals surface area contributed by atoms with Gasteiger partial charge in [0.05, 0.1) is 24.6 Å². The number of halogens is 1. The van der Waals surface area contributed by atoms with Crippen LogP contribution in [0, 0.1) is 13.8 Å². The number of ketones is 1. The lowest BCUT2D eigenvalue weighted by Gasteiger charge is -2.21. The van der Waals surface area contributed by atoms with E-state index in [0.29, 0.717) is 13.2 Å². The first kappa shape index (κ1) is 23.2. The van der Waals surface area contributed by atoms with Crippen LogP contribution in [-0.2, 0) is 6.54 Å². The van der Waals surface area contributed by atoms with E-state index >= 15 is 0 Å². The number of benzene rings is 4. The van der Waals surface area contributed by atoms with Gasteiger partial charge in [0.25, 0.3) is 0 Å². The Labute approximate surface area is 215 Å². The highest BCUT2D eigenvalue weighted by atomic mass is 79.9. The summed E-state index contributed by atoms with van der Waals surface area (Å²) in [7, 11) is 0. The first-order valence-electron chi connectivity index (χ1n) is 11.6. The number of fused-ring (bicyclic) bond motifs is 3. The van der Waals surface area contributed by atoms with E-state index in [1.807, 2.05) is 42.5 Å². The summed E-state index contributed by atoms with van der Waals surface area (Å²) in [5.74, 6) is 1.71. The average Bonchev–Trinajstić information content (AvgIpc) is 3.44. The summed E-state index contributed by atoms with van der Waals surface area (Å²) in [6.07, 6.45) is 0. The van der Waals surface area contributed by atoms with Gasteiger partial charge >= 0.3 is 0 Å². The van der Waals surface area contributed by atoms with Crippen LogP contribution in [-0.4, -0.2) is 25.8 Å². The first-order chi connectivity index (χ1) is 16.5. The highest BCUT2D eigenvalue weighted by molar-refractivity contribution is 8.93. The molecule has 2 aliphatic rings. The maximum atomic E-state index is 13.3. The fraction of sp³-hybridized carbons (Fsp3) is 0.207. The molecule has 0 aliphatic carbocycles. The van der Waals surface area contributed by atoms with Gasteiger partial charge in [-0.2, -0.15) is 0 Å². The second kappa shape index (κ2) is 9.27. The number of carbonyl (C=O) groups is 1. The quantitative estimate of drug-likeness (QED) is 0.278. The lowest BCUT2D eigenvalue weighted by atomic mass is 10.0. The molecule has 0 atom stereocenters. The van der Waals surface area contributed by atoms with Gasteiger partial charge in [-0.3, -0.25) is 4.79 Å². The van der Waals surface area contributed by atoms with Crippen molar-refractivity contribution in [1.29, 1.82) is 0 Å². The molecule has 6 rings (SSSR count). The van der Waals surface area contributed by atoms with Gasteiger partial charge < -0.3 is 19.3 Å². The van der Waals surface area contributed by atoms with Gasteiger partial charge in [-0.1, -0.05) is 42.5 Å². The third kappa shape index (κ3) is 4.34. The van der Waals surface area contributed by atoms with Crippen molar-refractivity contribution in [3.63, 3.8) is 0 Å². The summed E-state index contributed by atoms with van der Waals surface area (Å²) in [6, 6.07) is 24.6. The molecule has 0 saturated heterocycles. The van der Waals surface area contributed by atoms with E-state index < -0.39 is 0 Å². The van der Waals surface area contributed by atoms with Gasteiger partial charge in [0, 0.05) is 12.1 Å². The zero-order chi connectivity index (χ0) is 23.2. The number of hydrogen-bond acceptors (Lipinski definition) is 5. The second-order valence-corrected chi connectivity index (χ2v) is 9.14. The van der Waals surface area contributed by atoms with Crippen molar-refractivity contribution in [1.82, 2.24) is 0 Å². The van der Waals surface area contributed by atoms with Crippen molar-refractivity contribution < 1.29 is 14.3 Å². The third-order valence-corrected chi connectivity index (χ3v) is 6.83. The van der Waals surface area contributed by atoms with Crippen LogP contribution < -0.4 is 19.3 Å². The molecular weight excluding hydrogens is 504 g/mol. The molecule has 0 amide bonds. The minimum Gasteiger partial charge on any atom is -0.454 e. The zero-order valence-electron chi connectivity index (χ0n) is 19.8. The summed E-state index contributed by atoms with van der Waals surface area (Å²) < 4.78 is 11.0. The minimum absolute atomic E-state index is 0. The molecule has 0 aromatic heterocycles. The normalized spacial score (nSPS) is 13.7. The number of aryl methyl sites for hydroxylation is 2. The molecule has 4 aromatic carbocycles. The molecule has 0 N–H and O–H groups in total. The number of Topliss-reactive ketones (excluding diaryl/α,β-unsaturated/α-hetero) is 1. The van der Waals surface area contributed by atoms with E-state index in [-0.39, 0.29) is 29.6 Å². The zero-order valence-corrected chi connectivity index (χ0v) is 21.5. The number of hydrogen-bond donors (Lipinski definition) is 0. The SMILES string of the molecule is Br.Cc1cc2c(cc1C)N(Cc1ccc3c(c1)OCO3)CN2CC(=O)c1ccc2ccccc2c1. The molecule has 0 unspecified atom stereocenters. The summed E-state index contributed by atoms with van der Waals surface area (Å²) in [5, 5.41) is 2.23. The monoisotopic (exact) mass is 530 g/mol. The molecule has 0 saturated carbocycles. The Balaban J connectivity index is 0.00000253. The molecule has 0 spiro atoms. The van der Waals surface area contributed by atoms with Gasteiger partial charge in [-0.05, 0) is 71.6 Å². The fourth-order valence-electron chi connectivity index (χ4n) is 4.81. The third-order valence-electron chi connectivity index (χ3n) is 6.83. The standard InChI is InChI=1S/C29H26N2O3.BrH/c1-19-11-25-26(12-20(19)2)31(16-27(32)24-9-8-22-5-3-4-6-23(22)14-24)17-30(25)15-21-7-10-28-29(13-21)34-18-33-28;/h3-14H,15-18H2,1-2H3;1H. The predicted molar refractivity (Wildman–Crippen MR) is 145 cm³/mol. The Hall–Kier alpha value is -3.51. The van der Waals surface area contributed by atoms with Crippen molar-refractivity contribution in [2.45, 2.75) is 20.4 Å². The maximum absolute atomic E-state index is 13.3. The Kier molecular flexibility index (Phi) is 6.15. The Morgan fingerprint density at radius 2 is 1.51 bits per heavy atom. The highest BCUT2D eigenvalue weighted by Crippen LogP contribution is 2.40. The van der Waals surface area contributed by atoms with Crippen LogP contribution >= 0.6 is 17.0 Å². The van der Waals surface area contributed by atoms with Crippen LogP contribution in [0.2, 0.25) is 0 Å². The van der Waals surface area contributed by atoms with Crippen molar-refractivity contribution in [2.75, 3.05) is 29.8 Å². The van der Waals surface area contributed by atoms with Gasteiger partial charge in [0.1, 0.15) is 0 Å². The molecular formula is C29H27BrN2O3. The Morgan fingerprint density at radius 1 is 0.800 bits per heavy atom. The molecule has 2 aliphatic heterocycles. The van der Waals surface area contributed by atoms with E-state index in [1.165, 1.54) is 11.1 Å². The summed E-state index contributed by atoms with van der Waals surface area (Å²) in [4.78, 5) is 17.8. The molecule has 178 valence electrons. The highest BCUT2D eigenvalue weighted by Gasteiger charge is 2.29. The topological polar surface area (TPSA) is 42.0 Å². The van der Waals surface area contributed by atoms with E-state index in [1.54, 1.807) is 0 Å². The van der Waals surface area contributed by atoms with Gasteiger partial charge in [0.15, 0.2) is 17.3 Å². The van der Waals surface area contributed by atoms with Crippen LogP contribution in [0.3, 0.4) is 0 Å². The molecule has 35 heavy (non-hydrogen) atoms. The van der Waals surface area contributed by atoms with Crippen molar-refractivity contribution in [2.24, 2.45) is 0 Å². The first-order valence-corrected chi connectivity index (χ1v) is 11.6. The van der Waals surface area contributed by atoms with Gasteiger partial charge in [-0.25, -0.2) is 0 Å². The Bertz CT molecular complexity index is 1440. The van der Waals surface area contributed by atoms with E-state index in [2.05, 4.69) is 54.0 Å². The second-order valence-electron chi connectivity index (χ2n) is 9.14. The van der Waals surface area contributed by atoms with Crippen LogP contribution in [0.15, 0.2) is 72.8 Å². The van der Waals surface area contributed by atoms with Crippen LogP contribution in [0.4, 0.5) is 11.4 Å². The summed E-state index contributed by atoms with van der Waals surface area (Å²) in [6.45, 7) is 6.26. The fourth-order valence-corrected chi connectivity index (χ4v) is 4.81. The maximum Gasteiger partial charge on any atom is 0.231 e. The summed E-state index contributed by atoms with van der Waals surface area (Å²) >= 11 is 0. The van der Waals surface area contributed by atoms with Crippen molar-refractivity contribution in [3.8, 4) is 11.5 Å². The van der Waals surface area contributed by atoms with E-state index in [9.17, 15) is 4.79 Å². The number of carbonyl (C=O) groups excluding carboxylic acids is 1. The van der Waals surface area contributed by atoms with Crippen LogP contribution in [0.1, 0.15) is 27.0 Å². The van der Waals surface area contributed by atoms with Crippen molar-refractivity contribution in [3.05, 3.63) is 95.1 Å². The number of ether oxygens (including phenoxy) is 2. The molecule has 0 fully saturated rings. The van der Waals surface area contributed by atoms with E-state index in [0.717, 1.165) is 51.3 Å². The van der Waals surface area contributed by atoms with Crippen LogP contribution in [0.25, 0.3) is 10.8 Å². The molecule has 2 heterocycles. The molecule has 6 heteroatoms. The molecule has 5 nitrogen and oxygen atoms in total. The predicted octanol–water partition coefficient (Wildman–Crippen LogP) is 6.43. The molecule has 0 bridgehead atoms. The smallest absolute Gasteiger partial charge is 0.231 e. The number of anilines is 2. The summed E-state index contributed by atoms with van der Waals surface area (Å²) in [5.41, 5.74) is 6.64. The average molecular weight is 531 g/mol. The van der Waals surface area contributed by atoms with E-state index in [4.69, 9.17) is 9.47 Å². The molecule has 4 aromatic rings. The number of nitrogens with zero attached hydrogens (tertiary/aromatic N) is 2. The van der Waals surface area contributed by atoms with Crippen molar-refractivity contribution >= 4 is 44.9 Å². The minimum atomic E-state index is 0. The lowest BCUT2D eigenvalue weighted by molar-refractivity contribution is 0.0999. The molecule has 0 radical (unpaired) electrons. The van der Waals surface area contributed by atoms with Gasteiger partial charge in [-0.15, -0.1) is 17.0 Å². The lowest BCUT2D eigenvalue weighted by Crippen LogP contribution is -2.34. The van der Waals surface area contributed by atoms with Crippen LogP contribution in [0.5, 0.6) is 11.5 Å². The Morgan fingerprint density at radius 3 is 2.31 bits per heavy atom. The number of rotatable bonds is 5. The largest absolute Gasteiger partial charge is 0.454 e. The van der Waals surface area contributed by atoms with Gasteiger partial charge in [0.2, 0.25) is 6.79 Å².